The summed E-state index contributed by atoms with van der Waals surface area (Å²) in [7, 11) is 0. The molecule has 2 unspecified atom stereocenters. The first-order chi connectivity index (χ1) is 9.31. The molecule has 0 saturated carbocycles. The predicted octanol–water partition coefficient (Wildman–Crippen LogP) is 1.95. The van der Waals surface area contributed by atoms with E-state index in [4.69, 9.17) is 0 Å². The van der Waals surface area contributed by atoms with E-state index < -0.39 is 0 Å². The van der Waals surface area contributed by atoms with Crippen molar-refractivity contribution in [2.45, 2.75) is 51.5 Å². The monoisotopic (exact) mass is 261 g/mol. The fraction of sp³-hybridized carbons (Fsp3) is 0.733. The molecule has 2 aliphatic rings. The van der Waals surface area contributed by atoms with Gasteiger partial charge in [-0.15, -0.1) is 0 Å². The Hall–Kier alpha value is -1.16. The van der Waals surface area contributed by atoms with Crippen molar-refractivity contribution in [3.8, 4) is 0 Å². The number of nitrogens with zero attached hydrogens (tertiary/aromatic N) is 3. The van der Waals surface area contributed by atoms with E-state index in [-0.39, 0.29) is 12.6 Å². The van der Waals surface area contributed by atoms with Crippen LogP contribution in [0.2, 0.25) is 0 Å². The van der Waals surface area contributed by atoms with Gasteiger partial charge < -0.3 is 10.0 Å². The van der Waals surface area contributed by atoms with Crippen LogP contribution in [0.4, 0.5) is 5.82 Å². The van der Waals surface area contributed by atoms with Crippen LogP contribution in [0.25, 0.3) is 0 Å². The van der Waals surface area contributed by atoms with E-state index in [1.807, 2.05) is 0 Å². The molecule has 0 aromatic carbocycles. The summed E-state index contributed by atoms with van der Waals surface area (Å²) in [5, 5.41) is 9.64. The Morgan fingerprint density at radius 3 is 2.95 bits per heavy atom. The highest BCUT2D eigenvalue weighted by molar-refractivity contribution is 5.51. The highest BCUT2D eigenvalue weighted by Gasteiger charge is 2.33. The summed E-state index contributed by atoms with van der Waals surface area (Å²) >= 11 is 0. The minimum absolute atomic E-state index is 0.222. The van der Waals surface area contributed by atoms with Crippen molar-refractivity contribution in [1.29, 1.82) is 0 Å². The summed E-state index contributed by atoms with van der Waals surface area (Å²) in [6, 6.07) is 0.224. The van der Waals surface area contributed by atoms with E-state index in [1.54, 1.807) is 6.33 Å². The predicted molar refractivity (Wildman–Crippen MR) is 75.3 cm³/mol. The van der Waals surface area contributed by atoms with Crippen molar-refractivity contribution < 1.29 is 5.11 Å². The Morgan fingerprint density at radius 1 is 1.26 bits per heavy atom. The zero-order valence-electron chi connectivity index (χ0n) is 11.7. The molecule has 1 fully saturated rings. The van der Waals surface area contributed by atoms with Gasteiger partial charge in [0.1, 0.15) is 12.1 Å². The fourth-order valence-corrected chi connectivity index (χ4v) is 3.48. The second-order valence-corrected chi connectivity index (χ2v) is 5.89. The van der Waals surface area contributed by atoms with Gasteiger partial charge in [-0.25, -0.2) is 9.97 Å². The molecule has 104 valence electrons. The van der Waals surface area contributed by atoms with Gasteiger partial charge >= 0.3 is 0 Å². The lowest BCUT2D eigenvalue weighted by molar-refractivity contribution is 0.244. The molecule has 1 aromatic heterocycles. The average Bonchev–Trinajstić information content (AvgIpc) is 2.64. The molecule has 3 rings (SSSR count). The number of fused-ring (bicyclic) bond motifs is 1. The number of hydrogen-bond donors (Lipinski definition) is 1. The van der Waals surface area contributed by atoms with E-state index in [2.05, 4.69) is 21.8 Å². The Morgan fingerprint density at radius 2 is 2.11 bits per heavy atom. The zero-order chi connectivity index (χ0) is 13.2. The smallest absolute Gasteiger partial charge is 0.135 e. The second-order valence-electron chi connectivity index (χ2n) is 5.89. The summed E-state index contributed by atoms with van der Waals surface area (Å²) in [6.07, 6.45) is 8.78. The Balaban J connectivity index is 1.96. The maximum absolute atomic E-state index is 9.64. The number of aryl methyl sites for hydroxylation is 1. The molecule has 1 aromatic rings. The molecule has 4 heteroatoms. The van der Waals surface area contributed by atoms with Crippen molar-refractivity contribution in [2.75, 3.05) is 18.1 Å². The van der Waals surface area contributed by atoms with Crippen LogP contribution in [0.15, 0.2) is 6.33 Å². The highest BCUT2D eigenvalue weighted by Crippen LogP contribution is 2.33. The van der Waals surface area contributed by atoms with Gasteiger partial charge in [0, 0.05) is 17.8 Å². The van der Waals surface area contributed by atoms with Crippen LogP contribution < -0.4 is 4.90 Å². The molecule has 1 N–H and O–H groups in total. The summed E-state index contributed by atoms with van der Waals surface area (Å²) < 4.78 is 0. The minimum atomic E-state index is 0.222. The van der Waals surface area contributed by atoms with Gasteiger partial charge in [-0.2, -0.15) is 0 Å². The van der Waals surface area contributed by atoms with Gasteiger partial charge in [-0.1, -0.05) is 13.3 Å². The number of hydrogen-bond acceptors (Lipinski definition) is 4. The first-order valence-corrected chi connectivity index (χ1v) is 7.51. The second kappa shape index (κ2) is 5.45. The van der Waals surface area contributed by atoms with Crippen molar-refractivity contribution >= 4 is 5.82 Å². The van der Waals surface area contributed by atoms with Gasteiger partial charge in [0.05, 0.1) is 12.6 Å². The van der Waals surface area contributed by atoms with Gasteiger partial charge in [-0.3, -0.25) is 0 Å². The van der Waals surface area contributed by atoms with Crippen molar-refractivity contribution in [3.05, 3.63) is 17.6 Å². The summed E-state index contributed by atoms with van der Waals surface area (Å²) in [5.74, 6) is 1.64. The molecule has 4 nitrogen and oxygen atoms in total. The number of aromatic nitrogens is 2. The molecule has 0 amide bonds. The molecule has 1 aliphatic heterocycles. The molecule has 19 heavy (non-hydrogen) atoms. The lowest BCUT2D eigenvalue weighted by Crippen LogP contribution is -2.36. The molecular formula is C15H23N3O. The fourth-order valence-electron chi connectivity index (χ4n) is 3.48. The Labute approximate surface area is 114 Å². The van der Waals surface area contributed by atoms with E-state index in [0.717, 1.165) is 31.6 Å². The van der Waals surface area contributed by atoms with Crippen molar-refractivity contribution in [3.63, 3.8) is 0 Å². The summed E-state index contributed by atoms with van der Waals surface area (Å²) in [5.41, 5.74) is 2.58. The SMILES string of the molecule is CC1CCN(c2ncnc3c2CCCCC3)C1CO. The number of rotatable bonds is 2. The van der Waals surface area contributed by atoms with E-state index in [0.29, 0.717) is 5.92 Å². The van der Waals surface area contributed by atoms with Crippen LogP contribution in [0.1, 0.15) is 43.9 Å². The first kappa shape index (κ1) is 12.9. The molecule has 1 aliphatic carbocycles. The lowest BCUT2D eigenvalue weighted by Gasteiger charge is -2.28. The molecule has 0 radical (unpaired) electrons. The quantitative estimate of drug-likeness (QED) is 0.827. The maximum atomic E-state index is 9.64. The van der Waals surface area contributed by atoms with Crippen LogP contribution in [-0.4, -0.2) is 34.3 Å². The Kier molecular flexibility index (Phi) is 3.69. The van der Waals surface area contributed by atoms with Gasteiger partial charge in [0.2, 0.25) is 0 Å². The molecule has 0 spiro atoms. The summed E-state index contributed by atoms with van der Waals surface area (Å²) in [4.78, 5) is 11.3. The average molecular weight is 261 g/mol. The van der Waals surface area contributed by atoms with Gasteiger partial charge in [0.15, 0.2) is 0 Å². The van der Waals surface area contributed by atoms with Crippen LogP contribution >= 0.6 is 0 Å². The number of aliphatic hydroxyl groups excluding tert-OH is 1. The third kappa shape index (κ3) is 2.34. The van der Waals surface area contributed by atoms with E-state index >= 15 is 0 Å². The third-order valence-corrected chi connectivity index (χ3v) is 4.69. The molecule has 0 bridgehead atoms. The van der Waals surface area contributed by atoms with Crippen molar-refractivity contribution in [2.24, 2.45) is 5.92 Å². The lowest BCUT2D eigenvalue weighted by atomic mass is 10.0. The summed E-state index contributed by atoms with van der Waals surface area (Å²) in [6.45, 7) is 3.45. The van der Waals surface area contributed by atoms with Gasteiger partial charge in [0.25, 0.3) is 0 Å². The molecule has 2 heterocycles. The highest BCUT2D eigenvalue weighted by atomic mass is 16.3. The topological polar surface area (TPSA) is 49.2 Å². The first-order valence-electron chi connectivity index (χ1n) is 7.51. The normalized spacial score (nSPS) is 27.2. The van der Waals surface area contributed by atoms with E-state index in [1.165, 1.54) is 30.5 Å². The molecular weight excluding hydrogens is 238 g/mol. The Bertz CT molecular complexity index is 449. The van der Waals surface area contributed by atoms with Crippen LogP contribution in [-0.2, 0) is 12.8 Å². The largest absolute Gasteiger partial charge is 0.394 e. The van der Waals surface area contributed by atoms with Crippen molar-refractivity contribution in [1.82, 2.24) is 9.97 Å². The third-order valence-electron chi connectivity index (χ3n) is 4.69. The number of anilines is 1. The number of aliphatic hydroxyl groups is 1. The maximum Gasteiger partial charge on any atom is 0.135 e. The van der Waals surface area contributed by atoms with Gasteiger partial charge in [-0.05, 0) is 38.0 Å². The van der Waals surface area contributed by atoms with Crippen LogP contribution in [0, 0.1) is 5.92 Å². The zero-order valence-corrected chi connectivity index (χ0v) is 11.7. The van der Waals surface area contributed by atoms with E-state index in [9.17, 15) is 5.11 Å². The molecule has 1 saturated heterocycles. The standard InChI is InChI=1S/C15H23N3O/c1-11-7-8-18(14(11)9-19)15-12-5-3-2-4-6-13(12)16-10-17-15/h10-11,14,19H,2-9H2,1H3. The van der Waals surface area contributed by atoms with Crippen LogP contribution in [0.3, 0.4) is 0 Å². The minimum Gasteiger partial charge on any atom is -0.394 e. The molecule has 2 atom stereocenters. The van der Waals surface area contributed by atoms with Crippen LogP contribution in [0.5, 0.6) is 0 Å².